The summed E-state index contributed by atoms with van der Waals surface area (Å²) in [4.78, 5) is 36.9. The quantitative estimate of drug-likeness (QED) is 0.579. The van der Waals surface area contributed by atoms with Crippen LogP contribution < -0.4 is 4.74 Å². The van der Waals surface area contributed by atoms with Crippen LogP contribution in [-0.2, 0) is 16.1 Å². The normalized spacial score (nSPS) is 17.5. The van der Waals surface area contributed by atoms with E-state index in [1.165, 1.54) is 4.90 Å². The van der Waals surface area contributed by atoms with E-state index in [4.69, 9.17) is 4.74 Å². The summed E-state index contributed by atoms with van der Waals surface area (Å²) in [6, 6.07) is 11.2. The second kappa shape index (κ2) is 10.2. The summed E-state index contributed by atoms with van der Waals surface area (Å²) in [5.74, 6) is 0.714. The van der Waals surface area contributed by atoms with Gasteiger partial charge in [-0.15, -0.1) is 0 Å². The third-order valence-corrected chi connectivity index (χ3v) is 6.10. The van der Waals surface area contributed by atoms with Crippen LogP contribution in [0.3, 0.4) is 0 Å². The highest BCUT2D eigenvalue weighted by Gasteiger charge is 2.42. The van der Waals surface area contributed by atoms with Gasteiger partial charge in [-0.2, -0.15) is 0 Å². The third-order valence-electron chi connectivity index (χ3n) is 6.10. The first-order chi connectivity index (χ1) is 16.0. The number of piperazine rings is 1. The number of benzene rings is 1. The lowest BCUT2D eigenvalue weighted by Crippen LogP contribution is -2.47. The summed E-state index contributed by atoms with van der Waals surface area (Å²) in [7, 11) is 0. The van der Waals surface area contributed by atoms with E-state index in [1.807, 2.05) is 36.4 Å². The van der Waals surface area contributed by atoms with Crippen LogP contribution in [-0.4, -0.2) is 70.8 Å². The highest BCUT2D eigenvalue weighted by Crippen LogP contribution is 2.34. The van der Waals surface area contributed by atoms with Gasteiger partial charge in [0.1, 0.15) is 11.4 Å². The predicted octanol–water partition coefficient (Wildman–Crippen LogP) is 3.03. The minimum Gasteiger partial charge on any atom is -0.493 e. The van der Waals surface area contributed by atoms with Crippen molar-refractivity contribution in [2.24, 2.45) is 5.92 Å². The van der Waals surface area contributed by atoms with E-state index in [0.29, 0.717) is 23.8 Å². The Morgan fingerprint density at radius 1 is 0.939 bits per heavy atom. The highest BCUT2D eigenvalue weighted by atomic mass is 16.5. The molecule has 1 aromatic carbocycles. The molecule has 7 nitrogen and oxygen atoms in total. The lowest BCUT2D eigenvalue weighted by atomic mass is 10.0. The Kier molecular flexibility index (Phi) is 7.08. The molecule has 1 saturated heterocycles. The number of likely N-dealkylation sites (N-methyl/N-ethyl adjacent to an activating group) is 1. The zero-order chi connectivity index (χ0) is 23.4. The van der Waals surface area contributed by atoms with Crippen molar-refractivity contribution < 1.29 is 14.3 Å². The summed E-state index contributed by atoms with van der Waals surface area (Å²) in [6.45, 7) is 11.4. The van der Waals surface area contributed by atoms with E-state index in [-0.39, 0.29) is 18.4 Å². The summed E-state index contributed by atoms with van der Waals surface area (Å²) in [5, 5.41) is 0. The van der Waals surface area contributed by atoms with Crippen molar-refractivity contribution in [3.8, 4) is 5.75 Å². The molecular weight excluding hydrogens is 416 g/mol. The molecular formula is C26H32N4O3. The second-order valence-electron chi connectivity index (χ2n) is 8.93. The van der Waals surface area contributed by atoms with Crippen molar-refractivity contribution in [2.75, 3.05) is 39.3 Å². The average Bonchev–Trinajstić information content (AvgIpc) is 3.08. The molecule has 2 aliphatic heterocycles. The van der Waals surface area contributed by atoms with E-state index in [2.05, 4.69) is 35.6 Å². The Hall–Kier alpha value is -3.19. The average molecular weight is 449 g/mol. The lowest BCUT2D eigenvalue weighted by molar-refractivity contribution is -0.138. The van der Waals surface area contributed by atoms with Crippen molar-refractivity contribution in [2.45, 2.75) is 27.3 Å². The highest BCUT2D eigenvalue weighted by molar-refractivity contribution is 6.35. The molecule has 3 heterocycles. The molecule has 0 aliphatic carbocycles. The van der Waals surface area contributed by atoms with Crippen LogP contribution in [0.15, 0.2) is 54.5 Å². The summed E-state index contributed by atoms with van der Waals surface area (Å²) in [5.41, 5.74) is 2.62. The van der Waals surface area contributed by atoms with Crippen molar-refractivity contribution in [3.05, 3.63) is 65.6 Å². The van der Waals surface area contributed by atoms with Gasteiger partial charge in [0.15, 0.2) is 0 Å². The number of pyridine rings is 1. The van der Waals surface area contributed by atoms with Crippen LogP contribution in [0, 0.1) is 5.92 Å². The van der Waals surface area contributed by atoms with Gasteiger partial charge in [-0.05, 0) is 47.9 Å². The molecule has 0 unspecified atom stereocenters. The molecule has 2 aliphatic rings. The zero-order valence-corrected chi connectivity index (χ0v) is 19.7. The molecule has 174 valence electrons. The number of rotatable bonds is 8. The molecule has 2 aromatic rings. The number of imide groups is 1. The maximum absolute atomic E-state index is 13.6. The molecule has 0 atom stereocenters. The van der Waals surface area contributed by atoms with E-state index >= 15 is 0 Å². The standard InChI is InChI=1S/C26H32N4O3/c1-4-28-13-15-29(16-14-28)24-23(21-5-7-22(8-6-21)33-18-19(2)3)25(31)30(26(24)32)17-20-9-11-27-12-10-20/h5-12,19H,4,13-18H2,1-3H3. The minimum atomic E-state index is -0.249. The first kappa shape index (κ1) is 23.0. The van der Waals surface area contributed by atoms with Gasteiger partial charge in [-0.3, -0.25) is 19.5 Å². The van der Waals surface area contributed by atoms with Crippen LogP contribution in [0.5, 0.6) is 5.75 Å². The summed E-state index contributed by atoms with van der Waals surface area (Å²) in [6.07, 6.45) is 3.35. The van der Waals surface area contributed by atoms with Crippen LogP contribution in [0.1, 0.15) is 31.9 Å². The number of aromatic nitrogens is 1. The Bertz CT molecular complexity index is 1010. The maximum atomic E-state index is 13.6. The van der Waals surface area contributed by atoms with Crippen molar-refractivity contribution in [1.82, 2.24) is 19.7 Å². The fraction of sp³-hybridized carbons (Fsp3) is 0.423. The maximum Gasteiger partial charge on any atom is 0.278 e. The summed E-state index contributed by atoms with van der Waals surface area (Å²) < 4.78 is 5.80. The monoisotopic (exact) mass is 448 g/mol. The van der Waals surface area contributed by atoms with Crippen molar-refractivity contribution >= 4 is 17.4 Å². The second-order valence-corrected chi connectivity index (χ2v) is 8.93. The van der Waals surface area contributed by atoms with Gasteiger partial charge in [-0.1, -0.05) is 32.9 Å². The van der Waals surface area contributed by atoms with Gasteiger partial charge in [0.05, 0.1) is 18.7 Å². The lowest BCUT2D eigenvalue weighted by Gasteiger charge is -2.36. The summed E-state index contributed by atoms with van der Waals surface area (Å²) >= 11 is 0. The number of ether oxygens (including phenoxy) is 1. The number of hydrogen-bond donors (Lipinski definition) is 0. The number of nitrogens with zero attached hydrogens (tertiary/aromatic N) is 4. The van der Waals surface area contributed by atoms with E-state index < -0.39 is 0 Å². The van der Waals surface area contributed by atoms with Gasteiger partial charge in [-0.25, -0.2) is 0 Å². The Balaban J connectivity index is 1.65. The number of carbonyl (C=O) groups excluding carboxylic acids is 2. The van der Waals surface area contributed by atoms with Crippen LogP contribution in [0.2, 0.25) is 0 Å². The predicted molar refractivity (Wildman–Crippen MR) is 127 cm³/mol. The van der Waals surface area contributed by atoms with E-state index in [0.717, 1.165) is 49.6 Å². The molecule has 1 fully saturated rings. The Morgan fingerprint density at radius 2 is 1.61 bits per heavy atom. The fourth-order valence-electron chi connectivity index (χ4n) is 4.20. The molecule has 0 spiro atoms. The molecule has 7 heteroatoms. The minimum absolute atomic E-state index is 0.225. The zero-order valence-electron chi connectivity index (χ0n) is 19.7. The number of amides is 2. The first-order valence-electron chi connectivity index (χ1n) is 11.7. The molecule has 33 heavy (non-hydrogen) atoms. The number of hydrogen-bond acceptors (Lipinski definition) is 6. The molecule has 0 saturated carbocycles. The van der Waals surface area contributed by atoms with Gasteiger partial charge in [0, 0.05) is 38.6 Å². The van der Waals surface area contributed by atoms with E-state index in [9.17, 15) is 9.59 Å². The Labute approximate surface area is 195 Å². The molecule has 2 amide bonds. The van der Waals surface area contributed by atoms with Gasteiger partial charge >= 0.3 is 0 Å². The van der Waals surface area contributed by atoms with Crippen molar-refractivity contribution in [1.29, 1.82) is 0 Å². The molecule has 0 N–H and O–H groups in total. The van der Waals surface area contributed by atoms with Crippen LogP contribution >= 0.6 is 0 Å². The van der Waals surface area contributed by atoms with E-state index in [1.54, 1.807) is 12.4 Å². The Morgan fingerprint density at radius 3 is 2.21 bits per heavy atom. The largest absolute Gasteiger partial charge is 0.493 e. The van der Waals surface area contributed by atoms with Gasteiger partial charge < -0.3 is 14.5 Å². The molecule has 0 bridgehead atoms. The van der Waals surface area contributed by atoms with Gasteiger partial charge in [0.25, 0.3) is 11.8 Å². The van der Waals surface area contributed by atoms with Gasteiger partial charge in [0.2, 0.25) is 0 Å². The topological polar surface area (TPSA) is 66.0 Å². The van der Waals surface area contributed by atoms with Crippen LogP contribution in [0.4, 0.5) is 0 Å². The van der Waals surface area contributed by atoms with Crippen LogP contribution in [0.25, 0.3) is 5.57 Å². The SMILES string of the molecule is CCN1CCN(C2=C(c3ccc(OCC(C)C)cc3)C(=O)N(Cc3ccncc3)C2=O)CC1. The fourth-order valence-corrected chi connectivity index (χ4v) is 4.20. The third kappa shape index (κ3) is 5.09. The van der Waals surface area contributed by atoms with Crippen molar-refractivity contribution in [3.63, 3.8) is 0 Å². The number of carbonyl (C=O) groups is 2. The molecule has 1 aromatic heterocycles. The smallest absolute Gasteiger partial charge is 0.278 e. The molecule has 4 rings (SSSR count). The first-order valence-corrected chi connectivity index (χ1v) is 11.7. The molecule has 0 radical (unpaired) electrons.